The summed E-state index contributed by atoms with van der Waals surface area (Å²) in [6.07, 6.45) is 0. The summed E-state index contributed by atoms with van der Waals surface area (Å²) in [5.41, 5.74) is 6.21. The van der Waals surface area contributed by atoms with Gasteiger partial charge in [0.2, 0.25) is 5.89 Å². The summed E-state index contributed by atoms with van der Waals surface area (Å²) in [7, 11) is 0. The van der Waals surface area contributed by atoms with E-state index in [2.05, 4.69) is 15.5 Å². The minimum absolute atomic E-state index is 0.0925. The number of aryl methyl sites for hydroxylation is 1. The zero-order valence-electron chi connectivity index (χ0n) is 12.7. The molecule has 0 aliphatic rings. The monoisotopic (exact) mass is 320 g/mol. The fraction of sp³-hybridized carbons (Fsp3) is 0.400. The Morgan fingerprint density at radius 3 is 2.91 bits per heavy atom. The lowest BCUT2D eigenvalue weighted by Gasteiger charge is -2.12. The summed E-state index contributed by atoms with van der Waals surface area (Å²) < 4.78 is 5.08. The molecule has 2 aromatic rings. The molecule has 1 heterocycles. The van der Waals surface area contributed by atoms with Gasteiger partial charge in [0.25, 0.3) is 5.91 Å². The van der Waals surface area contributed by atoms with Crippen molar-refractivity contribution in [2.24, 2.45) is 11.7 Å². The number of rotatable bonds is 7. The molecule has 0 spiro atoms. The molecule has 0 saturated carbocycles. The Bertz CT molecular complexity index is 630. The third kappa shape index (κ3) is 4.57. The molecular weight excluding hydrogens is 300 g/mol. The molecule has 1 unspecified atom stereocenters. The Balaban J connectivity index is 2.01. The van der Waals surface area contributed by atoms with Gasteiger partial charge >= 0.3 is 0 Å². The van der Waals surface area contributed by atoms with E-state index in [4.69, 9.17) is 10.3 Å². The van der Waals surface area contributed by atoms with Crippen LogP contribution in [0.2, 0.25) is 0 Å². The second-order valence-electron chi connectivity index (χ2n) is 5.07. The Hall–Kier alpha value is -1.86. The van der Waals surface area contributed by atoms with Crippen LogP contribution in [-0.4, -0.2) is 29.1 Å². The van der Waals surface area contributed by atoms with Crippen LogP contribution in [0.5, 0.6) is 0 Å². The number of amides is 1. The van der Waals surface area contributed by atoms with Crippen molar-refractivity contribution < 1.29 is 9.32 Å². The summed E-state index contributed by atoms with van der Waals surface area (Å²) >= 11 is 1.50. The molecule has 0 saturated heterocycles. The Kier molecular flexibility index (Phi) is 5.97. The van der Waals surface area contributed by atoms with E-state index in [1.54, 1.807) is 6.92 Å². The predicted molar refractivity (Wildman–Crippen MR) is 85.6 cm³/mol. The van der Waals surface area contributed by atoms with E-state index in [0.29, 0.717) is 36.1 Å². The molecule has 0 fully saturated rings. The van der Waals surface area contributed by atoms with E-state index < -0.39 is 0 Å². The molecule has 118 valence electrons. The van der Waals surface area contributed by atoms with Crippen molar-refractivity contribution in [1.82, 2.24) is 15.5 Å². The third-order valence-electron chi connectivity index (χ3n) is 3.07. The van der Waals surface area contributed by atoms with Crippen LogP contribution < -0.4 is 11.1 Å². The number of hydrogen-bond donors (Lipinski definition) is 2. The number of carbonyl (C=O) groups excluding carboxylic acids is 1. The Morgan fingerprint density at radius 2 is 2.23 bits per heavy atom. The number of hydrogen-bond acceptors (Lipinski definition) is 6. The number of thioether (sulfide) groups is 1. The Morgan fingerprint density at radius 1 is 1.45 bits per heavy atom. The molecule has 0 aliphatic carbocycles. The van der Waals surface area contributed by atoms with Crippen molar-refractivity contribution >= 4 is 17.7 Å². The van der Waals surface area contributed by atoms with Gasteiger partial charge in [-0.2, -0.15) is 4.98 Å². The zero-order chi connectivity index (χ0) is 15.9. The predicted octanol–water partition coefficient (Wildman–Crippen LogP) is 1.99. The highest BCUT2D eigenvalue weighted by Gasteiger charge is 2.13. The molecular formula is C15H20N4O2S. The fourth-order valence-corrected chi connectivity index (χ4v) is 2.65. The van der Waals surface area contributed by atoms with Gasteiger partial charge in [0.05, 0.1) is 11.3 Å². The highest BCUT2D eigenvalue weighted by molar-refractivity contribution is 7.98. The van der Waals surface area contributed by atoms with E-state index in [9.17, 15) is 4.79 Å². The number of aromatic nitrogens is 2. The summed E-state index contributed by atoms with van der Waals surface area (Å²) in [6, 6.07) is 7.47. The average Bonchev–Trinajstić information content (AvgIpc) is 2.96. The molecule has 0 aliphatic heterocycles. The molecule has 2 rings (SSSR count). The van der Waals surface area contributed by atoms with E-state index in [0.717, 1.165) is 4.90 Å². The SMILES string of the molecule is Cc1noc(CSc2ccccc2C(=O)NCC(C)CN)n1. The fourth-order valence-electron chi connectivity index (χ4n) is 1.76. The molecule has 7 heteroatoms. The first kappa shape index (κ1) is 16.5. The first-order valence-corrected chi connectivity index (χ1v) is 8.08. The smallest absolute Gasteiger partial charge is 0.252 e. The van der Waals surface area contributed by atoms with Gasteiger partial charge in [-0.3, -0.25) is 4.79 Å². The molecule has 6 nitrogen and oxygen atoms in total. The lowest BCUT2D eigenvalue weighted by Crippen LogP contribution is -2.31. The first-order valence-electron chi connectivity index (χ1n) is 7.09. The topological polar surface area (TPSA) is 94.0 Å². The maximum Gasteiger partial charge on any atom is 0.252 e. The van der Waals surface area contributed by atoms with Crippen molar-refractivity contribution in [3.8, 4) is 0 Å². The first-order chi connectivity index (χ1) is 10.6. The molecule has 1 atom stereocenters. The van der Waals surface area contributed by atoms with Gasteiger partial charge in [0.15, 0.2) is 5.82 Å². The minimum Gasteiger partial charge on any atom is -0.352 e. The summed E-state index contributed by atoms with van der Waals surface area (Å²) in [5.74, 6) is 1.85. The molecule has 1 aromatic heterocycles. The number of benzene rings is 1. The molecule has 1 aromatic carbocycles. The molecule has 22 heavy (non-hydrogen) atoms. The molecule has 0 radical (unpaired) electrons. The number of nitrogens with two attached hydrogens (primary N) is 1. The second-order valence-corrected chi connectivity index (χ2v) is 6.09. The van der Waals surface area contributed by atoms with Gasteiger partial charge < -0.3 is 15.6 Å². The number of nitrogens with one attached hydrogen (secondary N) is 1. The van der Waals surface area contributed by atoms with Gasteiger partial charge in [0.1, 0.15) is 0 Å². The summed E-state index contributed by atoms with van der Waals surface area (Å²) in [4.78, 5) is 17.3. The van der Waals surface area contributed by atoms with Crippen molar-refractivity contribution in [1.29, 1.82) is 0 Å². The molecule has 1 amide bonds. The average molecular weight is 320 g/mol. The zero-order valence-corrected chi connectivity index (χ0v) is 13.5. The lowest BCUT2D eigenvalue weighted by atomic mass is 10.1. The van der Waals surface area contributed by atoms with Crippen molar-refractivity contribution in [2.45, 2.75) is 24.5 Å². The second kappa shape index (κ2) is 7.95. The lowest BCUT2D eigenvalue weighted by molar-refractivity contribution is 0.0945. The van der Waals surface area contributed by atoms with Crippen molar-refractivity contribution in [2.75, 3.05) is 13.1 Å². The van der Waals surface area contributed by atoms with Crippen molar-refractivity contribution in [3.63, 3.8) is 0 Å². The van der Waals surface area contributed by atoms with Crippen LogP contribution in [0.4, 0.5) is 0 Å². The van der Waals surface area contributed by atoms with Gasteiger partial charge in [-0.15, -0.1) is 11.8 Å². The summed E-state index contributed by atoms with van der Waals surface area (Å²) in [6.45, 7) is 4.89. The molecule has 0 bridgehead atoms. The van der Waals surface area contributed by atoms with E-state index in [-0.39, 0.29) is 11.8 Å². The van der Waals surface area contributed by atoms with Gasteiger partial charge in [-0.25, -0.2) is 0 Å². The van der Waals surface area contributed by atoms with Crippen LogP contribution in [0.15, 0.2) is 33.7 Å². The normalized spacial score (nSPS) is 12.1. The van der Waals surface area contributed by atoms with E-state index in [1.807, 2.05) is 31.2 Å². The van der Waals surface area contributed by atoms with E-state index >= 15 is 0 Å². The van der Waals surface area contributed by atoms with Crippen LogP contribution in [0.1, 0.15) is 29.0 Å². The molecule has 3 N–H and O–H groups in total. The van der Waals surface area contributed by atoms with Crippen LogP contribution >= 0.6 is 11.8 Å². The maximum absolute atomic E-state index is 12.3. The quantitative estimate of drug-likeness (QED) is 0.758. The standard InChI is InChI=1S/C15H20N4O2S/c1-10(7-16)8-17-15(20)12-5-3-4-6-13(12)22-9-14-18-11(2)19-21-14/h3-6,10H,7-9,16H2,1-2H3,(H,17,20). The van der Waals surface area contributed by atoms with Crippen LogP contribution in [0.25, 0.3) is 0 Å². The number of carbonyl (C=O) groups is 1. The highest BCUT2D eigenvalue weighted by atomic mass is 32.2. The summed E-state index contributed by atoms with van der Waals surface area (Å²) in [5, 5.41) is 6.66. The third-order valence-corrected chi connectivity index (χ3v) is 4.12. The van der Waals surface area contributed by atoms with Gasteiger partial charge in [-0.1, -0.05) is 24.2 Å². The van der Waals surface area contributed by atoms with E-state index in [1.165, 1.54) is 11.8 Å². The Labute approximate surface area is 133 Å². The van der Waals surface area contributed by atoms with Crippen molar-refractivity contribution in [3.05, 3.63) is 41.5 Å². The van der Waals surface area contributed by atoms with Crippen LogP contribution in [0, 0.1) is 12.8 Å². The maximum atomic E-state index is 12.3. The largest absolute Gasteiger partial charge is 0.352 e. The van der Waals surface area contributed by atoms with Crippen LogP contribution in [0.3, 0.4) is 0 Å². The number of nitrogens with zero attached hydrogens (tertiary/aromatic N) is 2. The minimum atomic E-state index is -0.0925. The van der Waals surface area contributed by atoms with Gasteiger partial charge in [0, 0.05) is 11.4 Å². The van der Waals surface area contributed by atoms with Crippen LogP contribution in [-0.2, 0) is 5.75 Å². The van der Waals surface area contributed by atoms with Gasteiger partial charge in [-0.05, 0) is 31.5 Å². The highest BCUT2D eigenvalue weighted by Crippen LogP contribution is 2.25.